The summed E-state index contributed by atoms with van der Waals surface area (Å²) in [7, 11) is 0. The van der Waals surface area contributed by atoms with Crippen LogP contribution in [-0.4, -0.2) is 46.5 Å². The Hall–Kier alpha value is -2.89. The topological polar surface area (TPSA) is 48.6 Å². The Morgan fingerprint density at radius 2 is 1.94 bits per heavy atom. The average Bonchev–Trinajstić information content (AvgIpc) is 3.23. The van der Waals surface area contributed by atoms with Gasteiger partial charge >= 0.3 is 0 Å². The minimum absolute atomic E-state index is 0.110. The van der Waals surface area contributed by atoms with E-state index >= 15 is 0 Å². The van der Waals surface area contributed by atoms with Crippen LogP contribution in [0.2, 0.25) is 0 Å². The van der Waals surface area contributed by atoms with Crippen molar-refractivity contribution < 1.29 is 9.63 Å². The third-order valence-corrected chi connectivity index (χ3v) is 6.61. The molecular weight excluding hydrogens is 386 g/mol. The number of hydrogen-bond donors (Lipinski definition) is 1. The summed E-state index contributed by atoms with van der Waals surface area (Å²) >= 11 is 0. The second-order valence-electron chi connectivity index (χ2n) is 8.36. The number of aromatic nitrogens is 1. The molecule has 3 aromatic rings. The third kappa shape index (κ3) is 3.58. The summed E-state index contributed by atoms with van der Waals surface area (Å²) in [6.45, 7) is 6.60. The molecule has 1 aliphatic heterocycles. The van der Waals surface area contributed by atoms with E-state index in [1.807, 2.05) is 36.9 Å². The van der Waals surface area contributed by atoms with Crippen LogP contribution in [0.1, 0.15) is 30.5 Å². The van der Waals surface area contributed by atoms with Crippen LogP contribution in [0.3, 0.4) is 0 Å². The smallest absolute Gasteiger partial charge is 0.230 e. The first-order valence-electron chi connectivity index (χ1n) is 11.2. The van der Waals surface area contributed by atoms with Gasteiger partial charge in [0, 0.05) is 36.7 Å². The monoisotopic (exact) mass is 415 g/mol. The van der Waals surface area contributed by atoms with Gasteiger partial charge < -0.3 is 9.88 Å². The summed E-state index contributed by atoms with van der Waals surface area (Å²) in [5, 5.41) is 3.34. The lowest BCUT2D eigenvalue weighted by Crippen LogP contribution is -2.49. The summed E-state index contributed by atoms with van der Waals surface area (Å²) < 4.78 is 0. The lowest BCUT2D eigenvalue weighted by atomic mass is 9.80. The number of nitrogens with one attached hydrogen (secondary N) is 1. The van der Waals surface area contributed by atoms with Crippen molar-refractivity contribution in [1.82, 2.24) is 14.9 Å². The first kappa shape index (κ1) is 20.0. The molecule has 0 unspecified atom stereocenters. The van der Waals surface area contributed by atoms with E-state index in [-0.39, 0.29) is 17.9 Å². The van der Waals surface area contributed by atoms with Crippen LogP contribution in [0.25, 0.3) is 16.5 Å². The van der Waals surface area contributed by atoms with Gasteiger partial charge in [-0.15, -0.1) is 0 Å². The molecule has 2 aliphatic rings. The van der Waals surface area contributed by atoms with Crippen molar-refractivity contribution in [2.45, 2.75) is 32.9 Å². The van der Waals surface area contributed by atoms with Crippen LogP contribution in [-0.2, 0) is 22.7 Å². The quantitative estimate of drug-likeness (QED) is 0.649. The number of rotatable bonds is 6. The number of hydrogen-bond acceptors (Lipinski definition) is 3. The Balaban J connectivity index is 1.52. The van der Waals surface area contributed by atoms with Gasteiger partial charge in [0.1, 0.15) is 0 Å². The van der Waals surface area contributed by atoms with Crippen molar-refractivity contribution >= 4 is 22.4 Å². The van der Waals surface area contributed by atoms with Crippen LogP contribution >= 0.6 is 0 Å². The molecule has 0 fully saturated rings. The number of hydroxylamine groups is 2. The zero-order chi connectivity index (χ0) is 21.4. The van der Waals surface area contributed by atoms with Crippen molar-refractivity contribution in [2.24, 2.45) is 5.92 Å². The highest BCUT2D eigenvalue weighted by molar-refractivity contribution is 5.99. The van der Waals surface area contributed by atoms with E-state index in [1.54, 1.807) is 0 Å². The molecule has 0 saturated carbocycles. The fourth-order valence-corrected chi connectivity index (χ4v) is 5.00. The molecule has 0 bridgehead atoms. The molecular formula is C26H29N3O2. The maximum Gasteiger partial charge on any atom is 0.230 e. The van der Waals surface area contributed by atoms with Gasteiger partial charge in [-0.05, 0) is 48.6 Å². The van der Waals surface area contributed by atoms with Gasteiger partial charge in [0.15, 0.2) is 0 Å². The van der Waals surface area contributed by atoms with Gasteiger partial charge in [-0.25, -0.2) is 0 Å². The minimum Gasteiger partial charge on any atom is -0.361 e. The van der Waals surface area contributed by atoms with Gasteiger partial charge in [-0.1, -0.05) is 48.5 Å². The molecule has 5 heteroatoms. The highest BCUT2D eigenvalue weighted by Crippen LogP contribution is 2.41. The third-order valence-electron chi connectivity index (χ3n) is 6.61. The molecule has 1 N–H and O–H groups in total. The predicted molar refractivity (Wildman–Crippen MR) is 123 cm³/mol. The summed E-state index contributed by atoms with van der Waals surface area (Å²) in [6, 6.07) is 16.7. The molecule has 1 amide bonds. The summed E-state index contributed by atoms with van der Waals surface area (Å²) in [6.07, 6.45) is 5.20. The summed E-state index contributed by atoms with van der Waals surface area (Å²) in [5.74, 6) is -0.0334. The fourth-order valence-electron chi connectivity index (χ4n) is 5.00. The number of fused-ring (bicyclic) bond motifs is 2. The Labute approximate surface area is 183 Å². The van der Waals surface area contributed by atoms with E-state index in [0.29, 0.717) is 13.2 Å². The lowest BCUT2D eigenvalue weighted by Gasteiger charge is -2.41. The Morgan fingerprint density at radius 3 is 2.71 bits per heavy atom. The van der Waals surface area contributed by atoms with Crippen molar-refractivity contribution in [1.29, 1.82) is 0 Å². The Morgan fingerprint density at radius 1 is 1.13 bits per heavy atom. The Kier molecular flexibility index (Phi) is 5.38. The van der Waals surface area contributed by atoms with Crippen LogP contribution < -0.4 is 0 Å². The van der Waals surface area contributed by atoms with Gasteiger partial charge in [0.2, 0.25) is 5.91 Å². The van der Waals surface area contributed by atoms with Crippen LogP contribution in [0, 0.1) is 5.92 Å². The highest BCUT2D eigenvalue weighted by Gasteiger charge is 2.38. The number of benzene rings is 2. The van der Waals surface area contributed by atoms with Crippen LogP contribution in [0.5, 0.6) is 0 Å². The minimum atomic E-state index is -0.210. The molecule has 160 valence electrons. The van der Waals surface area contributed by atoms with Crippen molar-refractivity contribution in [3.63, 3.8) is 0 Å². The van der Waals surface area contributed by atoms with E-state index in [0.717, 1.165) is 30.6 Å². The van der Waals surface area contributed by atoms with E-state index in [4.69, 9.17) is 4.84 Å². The SMILES string of the molecule is CCN(CC)C(=O)[C@@H]1C=C2c3cccc4[nH]cc(c34)C[C@H]2N(OCc2ccccc2)C1. The number of carbonyl (C=O) groups is 1. The first-order chi connectivity index (χ1) is 15.2. The second-order valence-corrected chi connectivity index (χ2v) is 8.36. The van der Waals surface area contributed by atoms with E-state index in [9.17, 15) is 4.79 Å². The molecule has 31 heavy (non-hydrogen) atoms. The molecule has 2 heterocycles. The number of amides is 1. The molecule has 2 aromatic carbocycles. The van der Waals surface area contributed by atoms with Crippen molar-refractivity contribution in [3.05, 3.63) is 77.5 Å². The molecule has 0 radical (unpaired) electrons. The lowest BCUT2D eigenvalue weighted by molar-refractivity contribution is -0.194. The molecule has 5 nitrogen and oxygen atoms in total. The molecule has 0 saturated heterocycles. The average molecular weight is 416 g/mol. The van der Waals surface area contributed by atoms with Crippen molar-refractivity contribution in [2.75, 3.05) is 19.6 Å². The van der Waals surface area contributed by atoms with Crippen molar-refractivity contribution in [3.8, 4) is 0 Å². The maximum absolute atomic E-state index is 13.3. The van der Waals surface area contributed by atoms with Gasteiger partial charge in [0.05, 0.1) is 18.6 Å². The standard InChI is InChI=1S/C26H29N3O2/c1-3-28(4-2)26(30)20-13-22-21-11-8-12-23-25(21)19(15-27-23)14-24(22)29(16-20)31-17-18-9-6-5-7-10-18/h5-13,15,20,24,27H,3-4,14,16-17H2,1-2H3/t20-,24-/m1/s1. The molecule has 1 aromatic heterocycles. The summed E-state index contributed by atoms with van der Waals surface area (Å²) in [4.78, 5) is 25.0. The van der Waals surface area contributed by atoms with Gasteiger partial charge in [-0.3, -0.25) is 9.63 Å². The molecule has 2 atom stereocenters. The normalized spacial score (nSPS) is 20.4. The Bertz CT molecular complexity index is 1110. The maximum atomic E-state index is 13.3. The van der Waals surface area contributed by atoms with E-state index < -0.39 is 0 Å². The van der Waals surface area contributed by atoms with Gasteiger partial charge in [-0.2, -0.15) is 5.06 Å². The molecule has 0 spiro atoms. The number of aromatic amines is 1. The molecule has 5 rings (SSSR count). The van der Waals surface area contributed by atoms with E-state index in [1.165, 1.54) is 22.1 Å². The summed E-state index contributed by atoms with van der Waals surface area (Å²) in [5.41, 5.74) is 6.03. The zero-order valence-electron chi connectivity index (χ0n) is 18.2. The second kappa shape index (κ2) is 8.33. The highest BCUT2D eigenvalue weighted by atomic mass is 16.7. The zero-order valence-corrected chi connectivity index (χ0v) is 18.2. The molecule has 1 aliphatic carbocycles. The van der Waals surface area contributed by atoms with Gasteiger partial charge in [0.25, 0.3) is 0 Å². The number of carbonyl (C=O) groups excluding carboxylic acids is 1. The largest absolute Gasteiger partial charge is 0.361 e. The number of H-pyrrole nitrogens is 1. The fraction of sp³-hybridized carbons (Fsp3) is 0.346. The van der Waals surface area contributed by atoms with E-state index in [2.05, 4.69) is 52.7 Å². The van der Waals surface area contributed by atoms with Crippen LogP contribution in [0.15, 0.2) is 60.8 Å². The number of nitrogens with zero attached hydrogens (tertiary/aromatic N) is 2. The predicted octanol–water partition coefficient (Wildman–Crippen LogP) is 4.41. The van der Waals surface area contributed by atoms with Crippen LogP contribution in [0.4, 0.5) is 0 Å². The first-order valence-corrected chi connectivity index (χ1v) is 11.2.